The summed E-state index contributed by atoms with van der Waals surface area (Å²) in [4.78, 5) is 0. The van der Waals surface area contributed by atoms with Crippen LogP contribution in [0.3, 0.4) is 0 Å². The van der Waals surface area contributed by atoms with E-state index in [1.807, 2.05) is 6.07 Å². The lowest BCUT2D eigenvalue weighted by Gasteiger charge is -2.19. The maximum Gasteiger partial charge on any atom is 0.143 e. The molecule has 0 aliphatic carbocycles. The number of rotatable bonds is 2. The molecule has 0 spiro atoms. The Hall–Kier alpha value is -4.88. The first-order valence-corrected chi connectivity index (χ1v) is 12.7. The molecule has 1 nitrogen and oxygen atoms in total. The van der Waals surface area contributed by atoms with Crippen LogP contribution in [-0.4, -0.2) is 0 Å². The third kappa shape index (κ3) is 2.92. The lowest BCUT2D eigenvalue weighted by molar-refractivity contribution is 0.672. The van der Waals surface area contributed by atoms with Crippen LogP contribution in [0.15, 0.2) is 138 Å². The van der Waals surface area contributed by atoms with E-state index in [9.17, 15) is 0 Å². The topological polar surface area (TPSA) is 13.1 Å². The second kappa shape index (κ2) is 7.81. The Morgan fingerprint density at radius 3 is 1.49 bits per heavy atom. The van der Waals surface area contributed by atoms with Gasteiger partial charge in [-0.25, -0.2) is 0 Å². The van der Waals surface area contributed by atoms with E-state index in [1.54, 1.807) is 0 Å². The van der Waals surface area contributed by atoms with Crippen molar-refractivity contribution in [3.05, 3.63) is 133 Å². The molecule has 0 bridgehead atoms. The van der Waals surface area contributed by atoms with Gasteiger partial charge < -0.3 is 4.42 Å². The van der Waals surface area contributed by atoms with Gasteiger partial charge in [0.05, 0.1) is 0 Å². The van der Waals surface area contributed by atoms with Crippen molar-refractivity contribution in [3.8, 4) is 22.3 Å². The van der Waals surface area contributed by atoms with Gasteiger partial charge in [0.1, 0.15) is 11.2 Å². The molecular formula is C36H22O. The summed E-state index contributed by atoms with van der Waals surface area (Å²) in [6.45, 7) is 0. The number of para-hydroxylation sites is 1. The minimum absolute atomic E-state index is 0.925. The normalized spacial score (nSPS) is 11.8. The van der Waals surface area contributed by atoms with Gasteiger partial charge in [0.25, 0.3) is 0 Å². The van der Waals surface area contributed by atoms with Crippen molar-refractivity contribution < 1.29 is 4.42 Å². The maximum atomic E-state index is 6.41. The SMILES string of the molecule is c1ccc(-c2c3ccccc3c(-c3cc4c5ccccc5oc4c4ccccc34)c3ccccc23)cc1. The number of benzene rings is 7. The van der Waals surface area contributed by atoms with E-state index in [-0.39, 0.29) is 0 Å². The van der Waals surface area contributed by atoms with E-state index >= 15 is 0 Å². The third-order valence-electron chi connectivity index (χ3n) is 7.65. The van der Waals surface area contributed by atoms with Gasteiger partial charge in [-0.2, -0.15) is 0 Å². The summed E-state index contributed by atoms with van der Waals surface area (Å²) in [6.07, 6.45) is 0. The quantitative estimate of drug-likeness (QED) is 0.229. The number of hydrogen-bond acceptors (Lipinski definition) is 1. The third-order valence-corrected chi connectivity index (χ3v) is 7.65. The van der Waals surface area contributed by atoms with Crippen molar-refractivity contribution in [2.75, 3.05) is 0 Å². The largest absolute Gasteiger partial charge is 0.455 e. The molecule has 1 heteroatoms. The highest BCUT2D eigenvalue weighted by Crippen LogP contribution is 2.47. The zero-order chi connectivity index (χ0) is 24.3. The van der Waals surface area contributed by atoms with Crippen molar-refractivity contribution >= 4 is 54.3 Å². The van der Waals surface area contributed by atoms with Gasteiger partial charge in [-0.15, -0.1) is 0 Å². The zero-order valence-corrected chi connectivity index (χ0v) is 20.1. The average molecular weight is 471 g/mol. The lowest BCUT2D eigenvalue weighted by Crippen LogP contribution is -1.91. The fourth-order valence-corrected chi connectivity index (χ4v) is 6.09. The molecule has 0 fully saturated rings. The smallest absolute Gasteiger partial charge is 0.143 e. The molecule has 0 saturated heterocycles. The first-order valence-electron chi connectivity index (χ1n) is 12.7. The number of hydrogen-bond donors (Lipinski definition) is 0. The van der Waals surface area contributed by atoms with Gasteiger partial charge in [0.2, 0.25) is 0 Å². The van der Waals surface area contributed by atoms with Crippen LogP contribution in [0, 0.1) is 0 Å². The lowest BCUT2D eigenvalue weighted by atomic mass is 9.84. The Bertz CT molecular complexity index is 2070. The second-order valence-electron chi connectivity index (χ2n) is 9.65. The van der Waals surface area contributed by atoms with Crippen LogP contribution < -0.4 is 0 Å². The van der Waals surface area contributed by atoms with Crippen molar-refractivity contribution in [3.63, 3.8) is 0 Å². The van der Waals surface area contributed by atoms with E-state index in [0.717, 1.165) is 27.3 Å². The fourth-order valence-electron chi connectivity index (χ4n) is 6.09. The van der Waals surface area contributed by atoms with Crippen LogP contribution in [0.25, 0.3) is 76.5 Å². The van der Waals surface area contributed by atoms with E-state index in [1.165, 1.54) is 49.2 Å². The van der Waals surface area contributed by atoms with Gasteiger partial charge in [-0.3, -0.25) is 0 Å². The Balaban J connectivity index is 1.61. The summed E-state index contributed by atoms with van der Waals surface area (Å²) < 4.78 is 6.41. The molecule has 0 unspecified atom stereocenters. The molecule has 0 atom stereocenters. The van der Waals surface area contributed by atoms with Crippen LogP contribution >= 0.6 is 0 Å². The van der Waals surface area contributed by atoms with Crippen molar-refractivity contribution in [1.82, 2.24) is 0 Å². The molecule has 37 heavy (non-hydrogen) atoms. The van der Waals surface area contributed by atoms with Crippen LogP contribution in [0.4, 0.5) is 0 Å². The fraction of sp³-hybridized carbons (Fsp3) is 0. The minimum atomic E-state index is 0.925. The summed E-state index contributed by atoms with van der Waals surface area (Å²) in [5.74, 6) is 0. The molecular weight excluding hydrogens is 448 g/mol. The van der Waals surface area contributed by atoms with E-state index in [2.05, 4.69) is 127 Å². The Labute approximate surface area is 214 Å². The molecule has 0 N–H and O–H groups in total. The highest BCUT2D eigenvalue weighted by Gasteiger charge is 2.20. The second-order valence-corrected chi connectivity index (χ2v) is 9.65. The van der Waals surface area contributed by atoms with Gasteiger partial charge in [0, 0.05) is 16.2 Å². The first kappa shape index (κ1) is 20.3. The van der Waals surface area contributed by atoms with Crippen molar-refractivity contribution in [1.29, 1.82) is 0 Å². The molecule has 1 aromatic heterocycles. The molecule has 8 rings (SSSR count). The minimum Gasteiger partial charge on any atom is -0.455 e. The van der Waals surface area contributed by atoms with Crippen molar-refractivity contribution in [2.24, 2.45) is 0 Å². The Morgan fingerprint density at radius 1 is 0.351 bits per heavy atom. The van der Waals surface area contributed by atoms with E-state index < -0.39 is 0 Å². The predicted octanol–water partition coefficient (Wildman–Crippen LogP) is 10.4. The Morgan fingerprint density at radius 2 is 0.838 bits per heavy atom. The number of furan rings is 1. The molecule has 0 saturated carbocycles. The maximum absolute atomic E-state index is 6.41. The number of fused-ring (bicyclic) bond motifs is 7. The van der Waals surface area contributed by atoms with E-state index in [0.29, 0.717) is 0 Å². The molecule has 8 aromatic rings. The standard InChI is InChI=1S/C36H22O/c1-2-12-23(13-3-1)34-26-16-5-7-18-28(26)35(29-19-8-6-17-27(29)34)31-22-32-25-15-10-11-21-33(25)37-36(32)30-20-9-4-14-24(30)31/h1-22H. The van der Waals surface area contributed by atoms with Crippen LogP contribution in [0.2, 0.25) is 0 Å². The van der Waals surface area contributed by atoms with Crippen LogP contribution in [-0.2, 0) is 0 Å². The summed E-state index contributed by atoms with van der Waals surface area (Å²) in [6, 6.07) is 47.8. The molecule has 0 amide bonds. The molecule has 7 aromatic carbocycles. The molecule has 0 aliphatic heterocycles. The average Bonchev–Trinajstić information content (AvgIpc) is 3.35. The highest BCUT2D eigenvalue weighted by atomic mass is 16.3. The van der Waals surface area contributed by atoms with Crippen LogP contribution in [0.1, 0.15) is 0 Å². The summed E-state index contributed by atoms with van der Waals surface area (Å²) in [7, 11) is 0. The monoisotopic (exact) mass is 470 g/mol. The molecule has 0 radical (unpaired) electrons. The van der Waals surface area contributed by atoms with Gasteiger partial charge in [-0.05, 0) is 61.3 Å². The molecule has 1 heterocycles. The zero-order valence-electron chi connectivity index (χ0n) is 20.1. The van der Waals surface area contributed by atoms with Gasteiger partial charge >= 0.3 is 0 Å². The molecule has 0 aliphatic rings. The summed E-state index contributed by atoms with van der Waals surface area (Å²) in [5, 5.41) is 9.72. The molecule has 172 valence electrons. The van der Waals surface area contributed by atoms with Gasteiger partial charge in [-0.1, -0.05) is 121 Å². The Kier molecular flexibility index (Phi) is 4.29. The predicted molar refractivity (Wildman–Crippen MR) is 157 cm³/mol. The van der Waals surface area contributed by atoms with Crippen LogP contribution in [0.5, 0.6) is 0 Å². The summed E-state index contributed by atoms with van der Waals surface area (Å²) in [5.41, 5.74) is 6.91. The van der Waals surface area contributed by atoms with E-state index in [4.69, 9.17) is 4.42 Å². The highest BCUT2D eigenvalue weighted by molar-refractivity contribution is 6.26. The summed E-state index contributed by atoms with van der Waals surface area (Å²) >= 11 is 0. The first-order chi connectivity index (χ1) is 18.4. The van der Waals surface area contributed by atoms with Gasteiger partial charge in [0.15, 0.2) is 0 Å². The van der Waals surface area contributed by atoms with Crippen molar-refractivity contribution in [2.45, 2.75) is 0 Å².